The Hall–Kier alpha value is -0.940. The summed E-state index contributed by atoms with van der Waals surface area (Å²) in [6, 6.07) is 4.68. The van der Waals surface area contributed by atoms with E-state index in [-0.39, 0.29) is 18.2 Å². The van der Waals surface area contributed by atoms with Crippen molar-refractivity contribution in [2.75, 3.05) is 13.1 Å². The number of likely N-dealkylation sites (tertiary alicyclic amines) is 1. The van der Waals surface area contributed by atoms with Crippen molar-refractivity contribution in [3.05, 3.63) is 34.1 Å². The van der Waals surface area contributed by atoms with E-state index in [9.17, 15) is 9.18 Å². The number of nitrogens with zero attached hydrogens (tertiary/aromatic N) is 1. The number of halogens is 2. The van der Waals surface area contributed by atoms with Crippen molar-refractivity contribution in [2.24, 2.45) is 5.92 Å². The number of hydrogen-bond donors (Lipinski definition) is 1. The maximum absolute atomic E-state index is 13.0. The molecule has 1 saturated heterocycles. The standard InChI is InChI=1S/C13H15BrFNO2/c14-12-6-11(15)2-1-10(12)8-16-4-3-9(7-16)5-13(17)18/h1-2,6,9H,3-5,7-8H2,(H,17,18). The maximum atomic E-state index is 13.0. The molecule has 18 heavy (non-hydrogen) atoms. The van der Waals surface area contributed by atoms with Crippen LogP contribution in [0.2, 0.25) is 0 Å². The average Bonchev–Trinajstić information content (AvgIpc) is 2.69. The molecule has 0 bridgehead atoms. The van der Waals surface area contributed by atoms with E-state index in [2.05, 4.69) is 20.8 Å². The molecule has 1 fully saturated rings. The molecule has 5 heteroatoms. The van der Waals surface area contributed by atoms with Crippen LogP contribution < -0.4 is 0 Å². The minimum Gasteiger partial charge on any atom is -0.481 e. The number of aliphatic carboxylic acids is 1. The van der Waals surface area contributed by atoms with Crippen molar-refractivity contribution in [1.29, 1.82) is 0 Å². The Labute approximate surface area is 114 Å². The molecule has 1 aromatic carbocycles. The normalized spacial score (nSPS) is 20.2. The van der Waals surface area contributed by atoms with E-state index in [0.29, 0.717) is 0 Å². The van der Waals surface area contributed by atoms with E-state index in [1.807, 2.05) is 0 Å². The van der Waals surface area contributed by atoms with Gasteiger partial charge in [-0.05, 0) is 36.6 Å². The smallest absolute Gasteiger partial charge is 0.303 e. The van der Waals surface area contributed by atoms with E-state index < -0.39 is 5.97 Å². The predicted octanol–water partition coefficient (Wildman–Crippen LogP) is 2.88. The third kappa shape index (κ3) is 3.53. The van der Waals surface area contributed by atoms with Crippen LogP contribution >= 0.6 is 15.9 Å². The fourth-order valence-electron chi connectivity index (χ4n) is 2.36. The molecule has 1 N–H and O–H groups in total. The van der Waals surface area contributed by atoms with E-state index in [4.69, 9.17) is 5.11 Å². The molecule has 1 heterocycles. The zero-order chi connectivity index (χ0) is 13.1. The molecule has 0 radical (unpaired) electrons. The van der Waals surface area contributed by atoms with Crippen molar-refractivity contribution in [2.45, 2.75) is 19.4 Å². The van der Waals surface area contributed by atoms with Gasteiger partial charge in [-0.25, -0.2) is 4.39 Å². The summed E-state index contributed by atoms with van der Waals surface area (Å²) in [6.07, 6.45) is 1.16. The molecule has 2 rings (SSSR count). The second kappa shape index (κ2) is 5.80. The van der Waals surface area contributed by atoms with Gasteiger partial charge in [0.2, 0.25) is 0 Å². The topological polar surface area (TPSA) is 40.5 Å². The van der Waals surface area contributed by atoms with Crippen LogP contribution in [0.4, 0.5) is 4.39 Å². The Kier molecular flexibility index (Phi) is 4.35. The molecule has 0 saturated carbocycles. The molecular formula is C13H15BrFNO2. The first-order chi connectivity index (χ1) is 8.54. The van der Waals surface area contributed by atoms with Gasteiger partial charge in [0.05, 0.1) is 0 Å². The lowest BCUT2D eigenvalue weighted by Crippen LogP contribution is -2.21. The summed E-state index contributed by atoms with van der Waals surface area (Å²) in [5.41, 5.74) is 1.03. The minimum atomic E-state index is -0.732. The molecule has 0 aromatic heterocycles. The van der Waals surface area contributed by atoms with Gasteiger partial charge in [0.1, 0.15) is 5.82 Å². The molecule has 1 unspecified atom stereocenters. The predicted molar refractivity (Wildman–Crippen MR) is 69.7 cm³/mol. The lowest BCUT2D eigenvalue weighted by molar-refractivity contribution is -0.138. The van der Waals surface area contributed by atoms with Crippen LogP contribution in [0.1, 0.15) is 18.4 Å². The van der Waals surface area contributed by atoms with Crippen LogP contribution in [-0.2, 0) is 11.3 Å². The third-order valence-electron chi connectivity index (χ3n) is 3.24. The van der Waals surface area contributed by atoms with E-state index in [1.54, 1.807) is 6.07 Å². The Morgan fingerprint density at radius 1 is 1.56 bits per heavy atom. The number of rotatable bonds is 4. The van der Waals surface area contributed by atoms with Crippen LogP contribution in [0.25, 0.3) is 0 Å². The van der Waals surface area contributed by atoms with Crippen LogP contribution in [-0.4, -0.2) is 29.1 Å². The Morgan fingerprint density at radius 2 is 2.33 bits per heavy atom. The van der Waals surface area contributed by atoms with Crippen molar-refractivity contribution in [1.82, 2.24) is 4.90 Å². The molecule has 1 atom stereocenters. The summed E-state index contributed by atoms with van der Waals surface area (Å²) in [5.74, 6) is -0.748. The van der Waals surface area contributed by atoms with Gasteiger partial charge in [0.25, 0.3) is 0 Å². The Balaban J connectivity index is 1.93. The first-order valence-corrected chi connectivity index (χ1v) is 6.72. The lowest BCUT2D eigenvalue weighted by atomic mass is 10.1. The monoisotopic (exact) mass is 315 g/mol. The second-order valence-corrected chi connectivity index (χ2v) is 5.58. The first kappa shape index (κ1) is 13.5. The van der Waals surface area contributed by atoms with Gasteiger partial charge in [0.15, 0.2) is 0 Å². The first-order valence-electron chi connectivity index (χ1n) is 5.92. The van der Waals surface area contributed by atoms with Crippen LogP contribution in [0.3, 0.4) is 0 Å². The van der Waals surface area contributed by atoms with Crippen molar-refractivity contribution < 1.29 is 14.3 Å². The molecular weight excluding hydrogens is 301 g/mol. The molecule has 0 amide bonds. The minimum absolute atomic E-state index is 0.237. The number of carbonyl (C=O) groups is 1. The molecule has 1 aliphatic heterocycles. The largest absolute Gasteiger partial charge is 0.481 e. The van der Waals surface area contributed by atoms with Gasteiger partial charge in [-0.15, -0.1) is 0 Å². The molecule has 98 valence electrons. The van der Waals surface area contributed by atoms with Crippen molar-refractivity contribution in [3.8, 4) is 0 Å². The van der Waals surface area contributed by atoms with Gasteiger partial charge in [-0.1, -0.05) is 22.0 Å². The summed E-state index contributed by atoms with van der Waals surface area (Å²) in [4.78, 5) is 12.9. The molecule has 1 aliphatic rings. The van der Waals surface area contributed by atoms with Gasteiger partial charge < -0.3 is 5.11 Å². The van der Waals surface area contributed by atoms with E-state index in [0.717, 1.165) is 36.1 Å². The SMILES string of the molecule is O=C(O)CC1CCN(Cc2ccc(F)cc2Br)C1. The summed E-state index contributed by atoms with van der Waals surface area (Å²) < 4.78 is 13.7. The third-order valence-corrected chi connectivity index (χ3v) is 3.98. The molecule has 1 aromatic rings. The number of carboxylic acids is 1. The van der Waals surface area contributed by atoms with E-state index >= 15 is 0 Å². The fraction of sp³-hybridized carbons (Fsp3) is 0.462. The van der Waals surface area contributed by atoms with Gasteiger partial charge in [-0.3, -0.25) is 9.69 Å². The molecule has 0 aliphatic carbocycles. The van der Waals surface area contributed by atoms with Crippen LogP contribution in [0.5, 0.6) is 0 Å². The van der Waals surface area contributed by atoms with Gasteiger partial charge >= 0.3 is 5.97 Å². The van der Waals surface area contributed by atoms with Crippen LogP contribution in [0.15, 0.2) is 22.7 Å². The average molecular weight is 316 g/mol. The summed E-state index contributed by atoms with van der Waals surface area (Å²) in [7, 11) is 0. The highest BCUT2D eigenvalue weighted by Crippen LogP contribution is 2.24. The zero-order valence-electron chi connectivity index (χ0n) is 9.90. The zero-order valence-corrected chi connectivity index (χ0v) is 11.5. The number of hydrogen-bond acceptors (Lipinski definition) is 2. The molecule has 0 spiro atoms. The van der Waals surface area contributed by atoms with Gasteiger partial charge in [0, 0.05) is 24.0 Å². The highest BCUT2D eigenvalue weighted by Gasteiger charge is 2.24. The summed E-state index contributed by atoms with van der Waals surface area (Å²) in [6.45, 7) is 2.44. The lowest BCUT2D eigenvalue weighted by Gasteiger charge is -2.16. The van der Waals surface area contributed by atoms with Crippen molar-refractivity contribution >= 4 is 21.9 Å². The highest BCUT2D eigenvalue weighted by molar-refractivity contribution is 9.10. The summed E-state index contributed by atoms with van der Waals surface area (Å²) in [5, 5.41) is 8.76. The maximum Gasteiger partial charge on any atom is 0.303 e. The quantitative estimate of drug-likeness (QED) is 0.928. The molecule has 3 nitrogen and oxygen atoms in total. The number of benzene rings is 1. The highest BCUT2D eigenvalue weighted by atomic mass is 79.9. The number of carboxylic acid groups (broad SMARTS) is 1. The van der Waals surface area contributed by atoms with Crippen LogP contribution in [0, 0.1) is 11.7 Å². The summed E-state index contributed by atoms with van der Waals surface area (Å²) >= 11 is 3.35. The van der Waals surface area contributed by atoms with E-state index in [1.165, 1.54) is 12.1 Å². The van der Waals surface area contributed by atoms with Gasteiger partial charge in [-0.2, -0.15) is 0 Å². The fourth-order valence-corrected chi connectivity index (χ4v) is 2.84. The second-order valence-electron chi connectivity index (χ2n) is 4.72. The Morgan fingerprint density at radius 3 is 3.00 bits per heavy atom. The van der Waals surface area contributed by atoms with Crippen molar-refractivity contribution in [3.63, 3.8) is 0 Å². The Bertz CT molecular complexity index is 453.